The van der Waals surface area contributed by atoms with E-state index in [4.69, 9.17) is 0 Å². The molecule has 4 nitrogen and oxygen atoms in total. The number of carbonyl (C=O) groups is 1. The second-order valence-electron chi connectivity index (χ2n) is 5.51. The first kappa shape index (κ1) is 12.1. The molecule has 1 amide bonds. The summed E-state index contributed by atoms with van der Waals surface area (Å²) < 4.78 is 0. The van der Waals surface area contributed by atoms with Gasteiger partial charge in [0, 0.05) is 11.5 Å². The first-order chi connectivity index (χ1) is 8.12. The van der Waals surface area contributed by atoms with Crippen molar-refractivity contribution in [1.82, 2.24) is 10.2 Å². The van der Waals surface area contributed by atoms with Gasteiger partial charge in [-0.05, 0) is 25.2 Å². The van der Waals surface area contributed by atoms with E-state index >= 15 is 0 Å². The molecule has 1 aliphatic carbocycles. The van der Waals surface area contributed by atoms with Gasteiger partial charge < -0.3 is 5.32 Å². The van der Waals surface area contributed by atoms with Crippen molar-refractivity contribution in [2.75, 3.05) is 5.32 Å². The highest BCUT2D eigenvalue weighted by atomic mass is 16.2. The third-order valence-corrected chi connectivity index (χ3v) is 3.59. The lowest BCUT2D eigenvalue weighted by Gasteiger charge is -2.29. The van der Waals surface area contributed by atoms with E-state index in [1.807, 2.05) is 0 Å². The lowest BCUT2D eigenvalue weighted by Crippen LogP contribution is -2.35. The van der Waals surface area contributed by atoms with Gasteiger partial charge in [-0.15, -0.1) is 0 Å². The SMILES string of the molecule is CC(C)CC1(C(=O)Nc2ccn[nH]2)CCCC1. The first-order valence-electron chi connectivity index (χ1n) is 6.43. The normalized spacial score (nSPS) is 18.5. The van der Waals surface area contributed by atoms with E-state index < -0.39 is 0 Å². The number of anilines is 1. The molecule has 1 heterocycles. The molecule has 2 N–H and O–H groups in total. The summed E-state index contributed by atoms with van der Waals surface area (Å²) in [5.74, 6) is 1.42. The van der Waals surface area contributed by atoms with E-state index in [9.17, 15) is 4.79 Å². The largest absolute Gasteiger partial charge is 0.311 e. The number of aromatic amines is 1. The second kappa shape index (κ2) is 4.90. The summed E-state index contributed by atoms with van der Waals surface area (Å²) in [5, 5.41) is 9.58. The summed E-state index contributed by atoms with van der Waals surface area (Å²) in [6.45, 7) is 4.37. The summed E-state index contributed by atoms with van der Waals surface area (Å²) in [6, 6.07) is 1.79. The van der Waals surface area contributed by atoms with Crippen LogP contribution in [0.2, 0.25) is 0 Å². The fourth-order valence-corrected chi connectivity index (χ4v) is 2.94. The van der Waals surface area contributed by atoms with E-state index in [0.29, 0.717) is 11.7 Å². The van der Waals surface area contributed by atoms with E-state index in [0.717, 1.165) is 19.3 Å². The Hall–Kier alpha value is -1.32. The zero-order chi connectivity index (χ0) is 12.3. The number of amides is 1. The molecule has 0 radical (unpaired) electrons. The molecule has 0 atom stereocenters. The minimum Gasteiger partial charge on any atom is -0.311 e. The van der Waals surface area contributed by atoms with Crippen LogP contribution in [0.3, 0.4) is 0 Å². The summed E-state index contributed by atoms with van der Waals surface area (Å²) in [5.41, 5.74) is -0.153. The van der Waals surface area contributed by atoms with E-state index in [-0.39, 0.29) is 11.3 Å². The Morgan fingerprint density at radius 3 is 2.76 bits per heavy atom. The van der Waals surface area contributed by atoms with Crippen molar-refractivity contribution in [3.8, 4) is 0 Å². The third-order valence-electron chi connectivity index (χ3n) is 3.59. The molecule has 0 spiro atoms. The zero-order valence-electron chi connectivity index (χ0n) is 10.6. The van der Waals surface area contributed by atoms with Gasteiger partial charge in [0.25, 0.3) is 0 Å². The standard InChI is InChI=1S/C13H21N3O/c1-10(2)9-13(6-3-4-7-13)12(17)15-11-5-8-14-16-11/h5,8,10H,3-4,6-7,9H2,1-2H3,(H2,14,15,16,17). The van der Waals surface area contributed by atoms with Crippen LogP contribution in [0.25, 0.3) is 0 Å². The van der Waals surface area contributed by atoms with Gasteiger partial charge in [-0.25, -0.2) is 0 Å². The molecule has 0 unspecified atom stereocenters. The van der Waals surface area contributed by atoms with Crippen LogP contribution >= 0.6 is 0 Å². The van der Waals surface area contributed by atoms with Crippen molar-refractivity contribution in [3.63, 3.8) is 0 Å². The van der Waals surface area contributed by atoms with Gasteiger partial charge in [0.05, 0.1) is 6.20 Å². The zero-order valence-corrected chi connectivity index (χ0v) is 10.6. The Morgan fingerprint density at radius 2 is 2.24 bits per heavy atom. The maximum atomic E-state index is 12.4. The number of nitrogens with one attached hydrogen (secondary N) is 2. The molecule has 0 aliphatic heterocycles. The number of hydrogen-bond donors (Lipinski definition) is 2. The van der Waals surface area contributed by atoms with Crippen molar-refractivity contribution >= 4 is 11.7 Å². The smallest absolute Gasteiger partial charge is 0.231 e. The van der Waals surface area contributed by atoms with Gasteiger partial charge in [-0.3, -0.25) is 9.89 Å². The number of H-pyrrole nitrogens is 1. The number of nitrogens with zero attached hydrogens (tertiary/aromatic N) is 1. The monoisotopic (exact) mass is 235 g/mol. The molecule has 1 saturated carbocycles. The predicted molar refractivity (Wildman–Crippen MR) is 67.6 cm³/mol. The molecular weight excluding hydrogens is 214 g/mol. The van der Waals surface area contributed by atoms with Gasteiger partial charge in [0.15, 0.2) is 0 Å². The van der Waals surface area contributed by atoms with E-state index in [1.54, 1.807) is 12.3 Å². The third kappa shape index (κ3) is 2.68. The van der Waals surface area contributed by atoms with Gasteiger partial charge in [0.2, 0.25) is 5.91 Å². The fraction of sp³-hybridized carbons (Fsp3) is 0.692. The topological polar surface area (TPSA) is 57.8 Å². The molecule has 17 heavy (non-hydrogen) atoms. The average Bonchev–Trinajstić information content (AvgIpc) is 2.88. The van der Waals surface area contributed by atoms with Crippen LogP contribution in [-0.4, -0.2) is 16.1 Å². The predicted octanol–water partition coefficient (Wildman–Crippen LogP) is 2.95. The molecule has 0 aromatic carbocycles. The number of rotatable bonds is 4. The minimum absolute atomic E-state index is 0.153. The molecule has 1 fully saturated rings. The van der Waals surface area contributed by atoms with Crippen LogP contribution in [0.15, 0.2) is 12.3 Å². The first-order valence-corrected chi connectivity index (χ1v) is 6.43. The number of aromatic nitrogens is 2. The Bertz CT molecular complexity index is 364. The van der Waals surface area contributed by atoms with Crippen LogP contribution in [0.4, 0.5) is 5.82 Å². The molecule has 1 aromatic heterocycles. The maximum Gasteiger partial charge on any atom is 0.231 e. The molecule has 2 rings (SSSR count). The molecular formula is C13H21N3O. The Kier molecular flexibility index (Phi) is 3.50. The maximum absolute atomic E-state index is 12.4. The highest BCUT2D eigenvalue weighted by Gasteiger charge is 2.41. The fourth-order valence-electron chi connectivity index (χ4n) is 2.94. The summed E-state index contributed by atoms with van der Waals surface area (Å²) in [6.07, 6.45) is 7.01. The highest BCUT2D eigenvalue weighted by molar-refractivity contribution is 5.94. The summed E-state index contributed by atoms with van der Waals surface area (Å²) in [4.78, 5) is 12.4. The van der Waals surface area contributed by atoms with Crippen molar-refractivity contribution < 1.29 is 4.79 Å². The van der Waals surface area contributed by atoms with Crippen molar-refractivity contribution in [2.24, 2.45) is 11.3 Å². The molecule has 4 heteroatoms. The van der Waals surface area contributed by atoms with Crippen LogP contribution in [0.1, 0.15) is 46.0 Å². The quantitative estimate of drug-likeness (QED) is 0.843. The summed E-state index contributed by atoms with van der Waals surface area (Å²) >= 11 is 0. The number of hydrogen-bond acceptors (Lipinski definition) is 2. The average molecular weight is 235 g/mol. The highest BCUT2D eigenvalue weighted by Crippen LogP contribution is 2.43. The van der Waals surface area contributed by atoms with Crippen molar-refractivity contribution in [1.29, 1.82) is 0 Å². The second-order valence-corrected chi connectivity index (χ2v) is 5.51. The Labute approximate surface area is 102 Å². The van der Waals surface area contributed by atoms with Gasteiger partial charge in [0.1, 0.15) is 5.82 Å². The Morgan fingerprint density at radius 1 is 1.53 bits per heavy atom. The number of carbonyl (C=O) groups excluding carboxylic acids is 1. The van der Waals surface area contributed by atoms with Crippen LogP contribution in [-0.2, 0) is 4.79 Å². The van der Waals surface area contributed by atoms with Gasteiger partial charge in [-0.2, -0.15) is 5.10 Å². The van der Waals surface area contributed by atoms with Crippen LogP contribution in [0, 0.1) is 11.3 Å². The lowest BCUT2D eigenvalue weighted by atomic mass is 9.77. The van der Waals surface area contributed by atoms with Crippen molar-refractivity contribution in [3.05, 3.63) is 12.3 Å². The van der Waals surface area contributed by atoms with E-state index in [1.165, 1.54) is 12.8 Å². The Balaban J connectivity index is 2.08. The van der Waals surface area contributed by atoms with Crippen molar-refractivity contribution in [2.45, 2.75) is 46.0 Å². The van der Waals surface area contributed by atoms with E-state index in [2.05, 4.69) is 29.4 Å². The molecule has 0 bridgehead atoms. The van der Waals surface area contributed by atoms with Crippen LogP contribution < -0.4 is 5.32 Å². The van der Waals surface area contributed by atoms with Crippen LogP contribution in [0.5, 0.6) is 0 Å². The lowest BCUT2D eigenvalue weighted by molar-refractivity contribution is -0.126. The van der Waals surface area contributed by atoms with Gasteiger partial charge >= 0.3 is 0 Å². The molecule has 94 valence electrons. The molecule has 1 aliphatic rings. The summed E-state index contributed by atoms with van der Waals surface area (Å²) in [7, 11) is 0. The van der Waals surface area contributed by atoms with Gasteiger partial charge in [-0.1, -0.05) is 26.7 Å². The molecule has 0 saturated heterocycles. The molecule has 1 aromatic rings. The minimum atomic E-state index is -0.153.